The predicted octanol–water partition coefficient (Wildman–Crippen LogP) is 3.19. The number of carbonyl (C=O) groups excluding carboxylic acids is 1. The smallest absolute Gasteiger partial charge is 0.326 e. The van der Waals surface area contributed by atoms with Crippen molar-refractivity contribution in [2.45, 2.75) is 59.6 Å². The molecular formula is C21H29N3O4. The molecule has 2 rings (SSSR count). The molecule has 0 aliphatic carbocycles. The van der Waals surface area contributed by atoms with Crippen molar-refractivity contribution in [3.63, 3.8) is 0 Å². The molecule has 0 aliphatic heterocycles. The summed E-state index contributed by atoms with van der Waals surface area (Å²) in [6.07, 6.45) is 1.65. The summed E-state index contributed by atoms with van der Waals surface area (Å²) in [5.74, 6) is -1.55. The summed E-state index contributed by atoms with van der Waals surface area (Å²) >= 11 is 0. The summed E-state index contributed by atoms with van der Waals surface area (Å²) in [6.45, 7) is 11.7. The first-order chi connectivity index (χ1) is 13.0. The highest BCUT2D eigenvalue weighted by Crippen LogP contribution is 2.19. The number of aryl methyl sites for hydroxylation is 2. The first kappa shape index (κ1) is 21.6. The molecular weight excluding hydrogens is 358 g/mol. The van der Waals surface area contributed by atoms with E-state index >= 15 is 0 Å². The van der Waals surface area contributed by atoms with Crippen LogP contribution < -0.4 is 5.32 Å². The summed E-state index contributed by atoms with van der Waals surface area (Å²) in [5.41, 5.74) is 3.66. The van der Waals surface area contributed by atoms with Crippen molar-refractivity contribution in [3.8, 4) is 5.69 Å². The van der Waals surface area contributed by atoms with Gasteiger partial charge >= 0.3 is 5.97 Å². The molecule has 2 N–H and O–H groups in total. The molecule has 0 bridgehead atoms. The van der Waals surface area contributed by atoms with Crippen LogP contribution in [0.4, 0.5) is 0 Å². The highest BCUT2D eigenvalue weighted by Gasteiger charge is 2.24. The lowest BCUT2D eigenvalue weighted by Gasteiger charge is -2.21. The molecule has 2 aromatic rings. The van der Waals surface area contributed by atoms with Gasteiger partial charge in [0, 0.05) is 13.0 Å². The van der Waals surface area contributed by atoms with Crippen LogP contribution >= 0.6 is 0 Å². The van der Waals surface area contributed by atoms with Crippen molar-refractivity contribution < 1.29 is 19.4 Å². The van der Waals surface area contributed by atoms with Gasteiger partial charge in [0.2, 0.25) is 0 Å². The maximum atomic E-state index is 12.7. The zero-order valence-corrected chi connectivity index (χ0v) is 17.4. The maximum Gasteiger partial charge on any atom is 0.326 e. The van der Waals surface area contributed by atoms with Crippen LogP contribution in [-0.2, 0) is 9.53 Å². The van der Waals surface area contributed by atoms with E-state index in [-0.39, 0.29) is 18.6 Å². The lowest BCUT2D eigenvalue weighted by atomic mass is 10.1. The fraction of sp³-hybridized carbons (Fsp3) is 0.476. The first-order valence-electron chi connectivity index (χ1n) is 9.29. The Kier molecular flexibility index (Phi) is 6.61. The van der Waals surface area contributed by atoms with Gasteiger partial charge in [-0.15, -0.1) is 0 Å². The number of hydrogen-bond donors (Lipinski definition) is 2. The van der Waals surface area contributed by atoms with Crippen LogP contribution in [0, 0.1) is 20.8 Å². The number of nitrogens with one attached hydrogen (secondary N) is 1. The number of carboxylic acids is 1. The Morgan fingerprint density at radius 1 is 1.25 bits per heavy atom. The number of carboxylic acid groups (broad SMARTS) is 1. The number of aromatic nitrogens is 2. The number of benzene rings is 1. The summed E-state index contributed by atoms with van der Waals surface area (Å²) in [7, 11) is 0. The zero-order chi connectivity index (χ0) is 21.1. The highest BCUT2D eigenvalue weighted by molar-refractivity contribution is 5.97. The van der Waals surface area contributed by atoms with Crippen LogP contribution in [0.1, 0.15) is 54.4 Å². The van der Waals surface area contributed by atoms with Crippen LogP contribution in [0.25, 0.3) is 5.69 Å². The third-order valence-electron chi connectivity index (χ3n) is 4.39. The maximum absolute atomic E-state index is 12.7. The van der Waals surface area contributed by atoms with Crippen molar-refractivity contribution >= 4 is 11.9 Å². The Hall–Kier alpha value is -2.67. The van der Waals surface area contributed by atoms with Crippen molar-refractivity contribution in [3.05, 3.63) is 46.8 Å². The number of carbonyl (C=O) groups is 2. The van der Waals surface area contributed by atoms with Crippen molar-refractivity contribution in [1.29, 1.82) is 0 Å². The number of aliphatic carboxylic acids is 1. The van der Waals surface area contributed by atoms with Crippen molar-refractivity contribution in [2.24, 2.45) is 0 Å². The van der Waals surface area contributed by atoms with Gasteiger partial charge in [-0.25, -0.2) is 9.48 Å². The van der Waals surface area contributed by atoms with Gasteiger partial charge in [-0.05, 0) is 58.7 Å². The fourth-order valence-corrected chi connectivity index (χ4v) is 2.80. The Balaban J connectivity index is 2.16. The van der Waals surface area contributed by atoms with Crippen molar-refractivity contribution in [1.82, 2.24) is 15.1 Å². The molecule has 0 radical (unpaired) electrons. The molecule has 1 aromatic carbocycles. The average Bonchev–Trinajstić information content (AvgIpc) is 2.96. The van der Waals surface area contributed by atoms with Gasteiger partial charge in [0.15, 0.2) is 0 Å². The number of amides is 1. The van der Waals surface area contributed by atoms with E-state index in [1.54, 1.807) is 11.6 Å². The van der Waals surface area contributed by atoms with Crippen LogP contribution in [0.2, 0.25) is 0 Å². The van der Waals surface area contributed by atoms with Gasteiger partial charge in [-0.2, -0.15) is 5.10 Å². The van der Waals surface area contributed by atoms with E-state index in [1.165, 1.54) is 6.20 Å². The minimum absolute atomic E-state index is 0.183. The Morgan fingerprint density at radius 3 is 2.54 bits per heavy atom. The lowest BCUT2D eigenvalue weighted by Crippen LogP contribution is -2.42. The van der Waals surface area contributed by atoms with E-state index in [0.717, 1.165) is 16.8 Å². The first-order valence-corrected chi connectivity index (χ1v) is 9.29. The lowest BCUT2D eigenvalue weighted by molar-refractivity contribution is -0.140. The quantitative estimate of drug-likeness (QED) is 0.761. The standard InChI is InChI=1S/C21H29N3O4/c1-13-7-8-14(2)18(11-13)24-15(3)16(12-22-24)19(25)23-17(20(26)27)9-10-28-21(4,5)6/h7-8,11-12,17H,9-10H2,1-6H3,(H,23,25)(H,26,27). The minimum Gasteiger partial charge on any atom is -0.480 e. The number of nitrogens with zero attached hydrogens (tertiary/aromatic N) is 2. The van der Waals surface area contributed by atoms with E-state index < -0.39 is 17.9 Å². The molecule has 0 saturated heterocycles. The second-order valence-electron chi connectivity index (χ2n) is 7.96. The molecule has 1 amide bonds. The van der Waals surface area contributed by atoms with Gasteiger partial charge in [0.25, 0.3) is 5.91 Å². The third-order valence-corrected chi connectivity index (χ3v) is 4.39. The summed E-state index contributed by atoms with van der Waals surface area (Å²) in [4.78, 5) is 24.2. The molecule has 152 valence electrons. The highest BCUT2D eigenvalue weighted by atomic mass is 16.5. The minimum atomic E-state index is -1.09. The predicted molar refractivity (Wildman–Crippen MR) is 107 cm³/mol. The zero-order valence-electron chi connectivity index (χ0n) is 17.4. The second-order valence-corrected chi connectivity index (χ2v) is 7.96. The normalized spacial score (nSPS) is 12.6. The van der Waals surface area contributed by atoms with Crippen LogP contribution in [0.3, 0.4) is 0 Å². The van der Waals surface area contributed by atoms with E-state index in [2.05, 4.69) is 10.4 Å². The van der Waals surface area contributed by atoms with Gasteiger partial charge < -0.3 is 15.2 Å². The molecule has 7 nitrogen and oxygen atoms in total. The van der Waals surface area contributed by atoms with E-state index in [0.29, 0.717) is 11.3 Å². The summed E-state index contributed by atoms with van der Waals surface area (Å²) < 4.78 is 7.28. The number of rotatable bonds is 7. The van der Waals surface area contributed by atoms with E-state index in [1.807, 2.05) is 52.8 Å². The Bertz CT molecular complexity index is 865. The Labute approximate surface area is 165 Å². The van der Waals surface area contributed by atoms with Crippen LogP contribution in [0.5, 0.6) is 0 Å². The second kappa shape index (κ2) is 8.56. The van der Waals surface area contributed by atoms with E-state index in [9.17, 15) is 14.7 Å². The van der Waals surface area contributed by atoms with Gasteiger partial charge in [-0.3, -0.25) is 4.79 Å². The third kappa shape index (κ3) is 5.42. The van der Waals surface area contributed by atoms with Gasteiger partial charge in [-0.1, -0.05) is 12.1 Å². The van der Waals surface area contributed by atoms with Crippen LogP contribution in [-0.4, -0.2) is 45.0 Å². The number of ether oxygens (including phenoxy) is 1. The SMILES string of the molecule is Cc1ccc(C)c(-n2ncc(C(=O)NC(CCOC(C)(C)C)C(=O)O)c2C)c1. The fourth-order valence-electron chi connectivity index (χ4n) is 2.80. The molecule has 0 spiro atoms. The van der Waals surface area contributed by atoms with E-state index in [4.69, 9.17) is 4.74 Å². The van der Waals surface area contributed by atoms with Crippen molar-refractivity contribution in [2.75, 3.05) is 6.61 Å². The Morgan fingerprint density at radius 2 is 1.93 bits per heavy atom. The molecule has 7 heteroatoms. The molecule has 1 unspecified atom stereocenters. The molecule has 28 heavy (non-hydrogen) atoms. The average molecular weight is 387 g/mol. The van der Waals surface area contributed by atoms with Crippen LogP contribution in [0.15, 0.2) is 24.4 Å². The molecule has 0 saturated carbocycles. The molecule has 1 aromatic heterocycles. The van der Waals surface area contributed by atoms with Gasteiger partial charge in [0.1, 0.15) is 6.04 Å². The molecule has 1 atom stereocenters. The van der Waals surface area contributed by atoms with Gasteiger partial charge in [0.05, 0.1) is 28.7 Å². The summed E-state index contributed by atoms with van der Waals surface area (Å²) in [5, 5.41) is 16.3. The topological polar surface area (TPSA) is 93.5 Å². The molecule has 1 heterocycles. The largest absolute Gasteiger partial charge is 0.480 e. The molecule has 0 aliphatic rings. The molecule has 0 fully saturated rings. The summed E-state index contributed by atoms with van der Waals surface area (Å²) in [6, 6.07) is 4.99. The number of hydrogen-bond acceptors (Lipinski definition) is 4. The monoisotopic (exact) mass is 387 g/mol.